The van der Waals surface area contributed by atoms with Gasteiger partial charge in [0.05, 0.1) is 18.6 Å². The van der Waals surface area contributed by atoms with Crippen molar-refractivity contribution in [2.24, 2.45) is 0 Å². The summed E-state index contributed by atoms with van der Waals surface area (Å²) in [5.41, 5.74) is 0.638. The van der Waals surface area contributed by atoms with Crippen LogP contribution in [0.15, 0.2) is 53.4 Å². The molecule has 2 aromatic carbocycles. The molecule has 0 unspecified atom stereocenters. The predicted octanol–water partition coefficient (Wildman–Crippen LogP) is 3.51. The van der Waals surface area contributed by atoms with Crippen LogP contribution in [0.5, 0.6) is 11.5 Å². The lowest BCUT2D eigenvalue weighted by Gasteiger charge is -2.38. The van der Waals surface area contributed by atoms with Gasteiger partial charge in [0.2, 0.25) is 10.0 Å². The Bertz CT molecular complexity index is 890. The Hall–Kier alpha value is -2.09. The number of nitrogens with one attached hydrogen (secondary N) is 1. The van der Waals surface area contributed by atoms with Crippen LogP contribution in [0.2, 0.25) is 0 Å². The van der Waals surface area contributed by atoms with Gasteiger partial charge in [-0.3, -0.25) is 0 Å². The van der Waals surface area contributed by atoms with Gasteiger partial charge in [-0.2, -0.15) is 0 Å². The van der Waals surface area contributed by atoms with Crippen LogP contribution in [0.1, 0.15) is 31.7 Å². The Balaban J connectivity index is 1.80. The number of ether oxygens (including phenoxy) is 3. The summed E-state index contributed by atoms with van der Waals surface area (Å²) in [4.78, 5) is 0.226. The molecular formula is C22H29NO5S. The van der Waals surface area contributed by atoms with Gasteiger partial charge in [-0.05, 0) is 49.6 Å². The largest absolute Gasteiger partial charge is 0.496 e. The first-order valence-electron chi connectivity index (χ1n) is 9.94. The van der Waals surface area contributed by atoms with Gasteiger partial charge in [-0.15, -0.1) is 0 Å². The number of methoxy groups -OCH3 is 1. The molecule has 0 saturated carbocycles. The minimum Gasteiger partial charge on any atom is -0.496 e. The summed E-state index contributed by atoms with van der Waals surface area (Å²) in [5.74, 6) is 1.44. The van der Waals surface area contributed by atoms with Crippen molar-refractivity contribution in [3.63, 3.8) is 0 Å². The smallest absolute Gasteiger partial charge is 0.240 e. The van der Waals surface area contributed by atoms with E-state index in [-0.39, 0.29) is 16.9 Å². The third-order valence-corrected chi connectivity index (χ3v) is 6.75. The molecule has 3 rings (SSSR count). The van der Waals surface area contributed by atoms with Crippen LogP contribution in [0, 0.1) is 0 Å². The summed E-state index contributed by atoms with van der Waals surface area (Å²) >= 11 is 0. The topological polar surface area (TPSA) is 73.9 Å². The van der Waals surface area contributed by atoms with E-state index in [9.17, 15) is 8.42 Å². The predicted molar refractivity (Wildman–Crippen MR) is 112 cm³/mol. The minimum atomic E-state index is -3.65. The Kier molecular flexibility index (Phi) is 7.16. The van der Waals surface area contributed by atoms with Crippen LogP contribution < -0.4 is 14.2 Å². The van der Waals surface area contributed by atoms with Gasteiger partial charge < -0.3 is 14.2 Å². The van der Waals surface area contributed by atoms with E-state index in [1.54, 1.807) is 31.4 Å². The highest BCUT2D eigenvalue weighted by Crippen LogP contribution is 2.39. The standard InChI is InChI=1S/C22H29NO5S/c1-3-14-28-18-8-10-19(11-9-18)29(24,25)23-17-22(12-15-27-16-13-22)20-6-4-5-7-21(20)26-2/h4-11,23H,3,12-17H2,1-2H3. The maximum atomic E-state index is 12.9. The van der Waals surface area contributed by atoms with Crippen molar-refractivity contribution in [2.45, 2.75) is 36.5 Å². The number of benzene rings is 2. The maximum absolute atomic E-state index is 12.9. The Labute approximate surface area is 173 Å². The third-order valence-electron chi connectivity index (χ3n) is 5.34. The van der Waals surface area contributed by atoms with Crippen LogP contribution >= 0.6 is 0 Å². The number of hydrogen-bond acceptors (Lipinski definition) is 5. The van der Waals surface area contributed by atoms with Crippen molar-refractivity contribution in [1.29, 1.82) is 0 Å². The summed E-state index contributed by atoms with van der Waals surface area (Å²) in [6.07, 6.45) is 2.34. The molecule has 0 bridgehead atoms. The lowest BCUT2D eigenvalue weighted by atomic mass is 9.74. The molecule has 7 heteroatoms. The molecule has 0 aliphatic carbocycles. The van der Waals surface area contributed by atoms with E-state index in [1.165, 1.54) is 0 Å². The molecule has 1 saturated heterocycles. The Morgan fingerprint density at radius 1 is 1.07 bits per heavy atom. The van der Waals surface area contributed by atoms with Crippen LogP contribution in [-0.4, -0.2) is 41.9 Å². The Morgan fingerprint density at radius 2 is 1.76 bits per heavy atom. The lowest BCUT2D eigenvalue weighted by Crippen LogP contribution is -2.44. The molecule has 0 atom stereocenters. The second kappa shape index (κ2) is 9.61. The van der Waals surface area contributed by atoms with Crippen molar-refractivity contribution in [3.8, 4) is 11.5 Å². The highest BCUT2D eigenvalue weighted by atomic mass is 32.2. The first-order valence-corrected chi connectivity index (χ1v) is 11.4. The molecule has 158 valence electrons. The zero-order valence-corrected chi connectivity index (χ0v) is 17.8. The molecule has 0 aromatic heterocycles. The minimum absolute atomic E-state index is 0.226. The lowest BCUT2D eigenvalue weighted by molar-refractivity contribution is 0.0509. The molecule has 1 heterocycles. The molecular weight excluding hydrogens is 390 g/mol. The Morgan fingerprint density at radius 3 is 2.41 bits per heavy atom. The van der Waals surface area contributed by atoms with Crippen LogP contribution in [0.4, 0.5) is 0 Å². The highest BCUT2D eigenvalue weighted by molar-refractivity contribution is 7.89. The number of sulfonamides is 1. The van der Waals surface area contributed by atoms with Gasteiger partial charge in [0.25, 0.3) is 0 Å². The number of para-hydroxylation sites is 1. The molecule has 1 aliphatic rings. The van der Waals surface area contributed by atoms with Crippen LogP contribution in [0.3, 0.4) is 0 Å². The quantitative estimate of drug-likeness (QED) is 0.673. The van der Waals surface area contributed by atoms with E-state index in [4.69, 9.17) is 14.2 Å². The summed E-state index contributed by atoms with van der Waals surface area (Å²) in [7, 11) is -2.01. The summed E-state index contributed by atoms with van der Waals surface area (Å²) in [5, 5.41) is 0. The number of rotatable bonds is 9. The van der Waals surface area contributed by atoms with E-state index in [1.807, 2.05) is 31.2 Å². The fourth-order valence-electron chi connectivity index (χ4n) is 3.64. The maximum Gasteiger partial charge on any atom is 0.240 e. The van der Waals surface area contributed by atoms with Gasteiger partial charge in [-0.1, -0.05) is 25.1 Å². The zero-order valence-electron chi connectivity index (χ0n) is 17.0. The second-order valence-corrected chi connectivity index (χ2v) is 9.00. The van der Waals surface area contributed by atoms with Crippen molar-refractivity contribution in [2.75, 3.05) is 33.5 Å². The summed E-state index contributed by atoms with van der Waals surface area (Å²) in [6, 6.07) is 14.3. The van der Waals surface area contributed by atoms with Gasteiger partial charge in [0.1, 0.15) is 11.5 Å². The normalized spacial score (nSPS) is 16.3. The van der Waals surface area contributed by atoms with Crippen LogP contribution in [-0.2, 0) is 20.2 Å². The third kappa shape index (κ3) is 5.10. The highest BCUT2D eigenvalue weighted by Gasteiger charge is 2.37. The first kappa shape index (κ1) is 21.6. The molecule has 29 heavy (non-hydrogen) atoms. The first-order chi connectivity index (χ1) is 14.0. The SMILES string of the molecule is CCCOc1ccc(S(=O)(=O)NCC2(c3ccccc3OC)CCOCC2)cc1. The zero-order chi connectivity index (χ0) is 20.7. The summed E-state index contributed by atoms with van der Waals surface area (Å²) in [6.45, 7) is 4.09. The van der Waals surface area contributed by atoms with E-state index in [0.29, 0.717) is 25.6 Å². The van der Waals surface area contributed by atoms with Gasteiger partial charge in [0, 0.05) is 30.7 Å². The molecule has 1 N–H and O–H groups in total. The van der Waals surface area contributed by atoms with Crippen molar-refractivity contribution in [1.82, 2.24) is 4.72 Å². The fraction of sp³-hybridized carbons (Fsp3) is 0.455. The van der Waals surface area contributed by atoms with Gasteiger partial charge in [-0.25, -0.2) is 13.1 Å². The number of hydrogen-bond donors (Lipinski definition) is 1. The monoisotopic (exact) mass is 419 g/mol. The molecule has 0 spiro atoms. The van der Waals surface area contributed by atoms with Gasteiger partial charge >= 0.3 is 0 Å². The molecule has 0 radical (unpaired) electrons. The van der Waals surface area contributed by atoms with E-state index in [0.717, 1.165) is 30.6 Å². The fourth-order valence-corrected chi connectivity index (χ4v) is 4.77. The molecule has 6 nitrogen and oxygen atoms in total. The summed E-state index contributed by atoms with van der Waals surface area (Å²) < 4.78 is 45.3. The molecule has 0 amide bonds. The van der Waals surface area contributed by atoms with E-state index < -0.39 is 10.0 Å². The molecule has 1 aliphatic heterocycles. The van der Waals surface area contributed by atoms with E-state index >= 15 is 0 Å². The van der Waals surface area contributed by atoms with Crippen molar-refractivity contribution >= 4 is 10.0 Å². The van der Waals surface area contributed by atoms with Crippen LogP contribution in [0.25, 0.3) is 0 Å². The average Bonchev–Trinajstić information content (AvgIpc) is 2.77. The molecule has 2 aromatic rings. The average molecular weight is 420 g/mol. The van der Waals surface area contributed by atoms with Crippen molar-refractivity contribution < 1.29 is 22.6 Å². The molecule has 1 fully saturated rings. The van der Waals surface area contributed by atoms with E-state index in [2.05, 4.69) is 4.72 Å². The second-order valence-electron chi connectivity index (χ2n) is 7.24. The van der Waals surface area contributed by atoms with Gasteiger partial charge in [0.15, 0.2) is 0 Å². The van der Waals surface area contributed by atoms with Crippen molar-refractivity contribution in [3.05, 3.63) is 54.1 Å².